The summed E-state index contributed by atoms with van der Waals surface area (Å²) in [6.45, 7) is 2.80. The first-order valence-electron chi connectivity index (χ1n) is 5.48. The van der Waals surface area contributed by atoms with Crippen molar-refractivity contribution in [3.05, 3.63) is 15.8 Å². The van der Waals surface area contributed by atoms with E-state index >= 15 is 0 Å². The van der Waals surface area contributed by atoms with Gasteiger partial charge in [0.15, 0.2) is 6.10 Å². The van der Waals surface area contributed by atoms with Crippen molar-refractivity contribution in [3.8, 4) is 6.07 Å². The third kappa shape index (κ3) is 2.00. The van der Waals surface area contributed by atoms with Crippen molar-refractivity contribution in [3.63, 3.8) is 0 Å². The average molecular weight is 251 g/mol. The van der Waals surface area contributed by atoms with Gasteiger partial charge < -0.3 is 9.64 Å². The fourth-order valence-electron chi connectivity index (χ4n) is 2.12. The van der Waals surface area contributed by atoms with Crippen molar-refractivity contribution >= 4 is 11.5 Å². The van der Waals surface area contributed by atoms with E-state index in [2.05, 4.69) is 5.10 Å². The molecule has 0 bridgehead atoms. The summed E-state index contributed by atoms with van der Waals surface area (Å²) in [6.07, 6.45) is -0.562. The van der Waals surface area contributed by atoms with E-state index in [1.807, 2.05) is 6.07 Å². The van der Waals surface area contributed by atoms with E-state index in [1.165, 1.54) is 4.68 Å². The number of aryl methyl sites for hydroxylation is 2. The summed E-state index contributed by atoms with van der Waals surface area (Å²) >= 11 is 0. The number of morpholine rings is 1. The molecule has 1 aromatic heterocycles. The maximum Gasteiger partial charge on any atom is 0.333 e. The second kappa shape index (κ2) is 4.62. The van der Waals surface area contributed by atoms with E-state index < -0.39 is 11.0 Å². The first-order valence-corrected chi connectivity index (χ1v) is 5.48. The molecule has 1 aliphatic rings. The maximum absolute atomic E-state index is 11.1. The SMILES string of the molecule is Cc1nn(C)c(N2CCOC(C#N)C2)c1[N+](=O)[O-]. The molecule has 96 valence electrons. The van der Waals surface area contributed by atoms with Crippen LogP contribution in [0.15, 0.2) is 0 Å². The molecule has 1 atom stereocenters. The van der Waals surface area contributed by atoms with Crippen molar-refractivity contribution in [2.45, 2.75) is 13.0 Å². The normalized spacial score (nSPS) is 19.6. The molecule has 1 unspecified atom stereocenters. The van der Waals surface area contributed by atoms with E-state index in [4.69, 9.17) is 10.00 Å². The lowest BCUT2D eigenvalue weighted by atomic mass is 10.2. The number of nitro groups is 1. The van der Waals surface area contributed by atoms with Crippen LogP contribution in [0, 0.1) is 28.4 Å². The second-order valence-electron chi connectivity index (χ2n) is 4.07. The number of rotatable bonds is 2. The summed E-state index contributed by atoms with van der Waals surface area (Å²) in [5.41, 5.74) is 0.369. The van der Waals surface area contributed by atoms with Crippen LogP contribution in [0.5, 0.6) is 0 Å². The zero-order chi connectivity index (χ0) is 13.3. The van der Waals surface area contributed by atoms with E-state index in [1.54, 1.807) is 18.9 Å². The van der Waals surface area contributed by atoms with Gasteiger partial charge in [0.1, 0.15) is 5.69 Å². The minimum Gasteiger partial charge on any atom is -0.360 e. The van der Waals surface area contributed by atoms with Gasteiger partial charge in [0.2, 0.25) is 5.82 Å². The molecule has 1 aliphatic heterocycles. The number of ether oxygens (including phenoxy) is 1. The Bertz CT molecular complexity index is 518. The van der Waals surface area contributed by atoms with Crippen molar-refractivity contribution in [2.75, 3.05) is 24.6 Å². The van der Waals surface area contributed by atoms with Gasteiger partial charge in [-0.2, -0.15) is 10.4 Å². The van der Waals surface area contributed by atoms with Crippen molar-refractivity contribution in [1.82, 2.24) is 9.78 Å². The predicted molar refractivity (Wildman–Crippen MR) is 62.2 cm³/mol. The highest BCUT2D eigenvalue weighted by molar-refractivity contribution is 5.61. The predicted octanol–water partition coefficient (Wildman–Crippen LogP) is 0.366. The molecule has 2 heterocycles. The maximum atomic E-state index is 11.1. The first kappa shape index (κ1) is 12.3. The molecule has 0 radical (unpaired) electrons. The van der Waals surface area contributed by atoms with Crippen LogP contribution in [-0.2, 0) is 11.8 Å². The molecule has 18 heavy (non-hydrogen) atoms. The van der Waals surface area contributed by atoms with Crippen molar-refractivity contribution in [2.24, 2.45) is 7.05 Å². The molecule has 0 amide bonds. The van der Waals surface area contributed by atoms with Gasteiger partial charge in [-0.1, -0.05) is 0 Å². The molecule has 2 rings (SSSR count). The average Bonchev–Trinajstić information content (AvgIpc) is 2.64. The third-order valence-electron chi connectivity index (χ3n) is 2.85. The molecular formula is C10H13N5O3. The highest BCUT2D eigenvalue weighted by Crippen LogP contribution is 2.31. The lowest BCUT2D eigenvalue weighted by Crippen LogP contribution is -2.42. The van der Waals surface area contributed by atoms with E-state index in [9.17, 15) is 10.1 Å². The third-order valence-corrected chi connectivity index (χ3v) is 2.85. The first-order chi connectivity index (χ1) is 8.54. The molecule has 0 aromatic carbocycles. The van der Waals surface area contributed by atoms with Crippen LogP contribution < -0.4 is 4.90 Å². The van der Waals surface area contributed by atoms with E-state index in [-0.39, 0.29) is 5.69 Å². The number of nitriles is 1. The van der Waals surface area contributed by atoms with Gasteiger partial charge in [-0.05, 0) is 6.92 Å². The lowest BCUT2D eigenvalue weighted by Gasteiger charge is -2.30. The van der Waals surface area contributed by atoms with Gasteiger partial charge in [-0.15, -0.1) is 0 Å². The molecule has 1 aromatic rings. The molecule has 8 heteroatoms. The van der Waals surface area contributed by atoms with Crippen LogP contribution >= 0.6 is 0 Å². The Hall–Kier alpha value is -2.14. The summed E-state index contributed by atoms with van der Waals surface area (Å²) in [7, 11) is 1.66. The Labute approximate surface area is 104 Å². The summed E-state index contributed by atoms with van der Waals surface area (Å²) in [6, 6.07) is 2.02. The summed E-state index contributed by atoms with van der Waals surface area (Å²) in [5.74, 6) is 0.432. The molecule has 0 spiro atoms. The van der Waals surface area contributed by atoms with Crippen molar-refractivity contribution < 1.29 is 9.66 Å². The van der Waals surface area contributed by atoms with E-state index in [0.717, 1.165) is 0 Å². The highest BCUT2D eigenvalue weighted by Gasteiger charge is 2.31. The fraction of sp³-hybridized carbons (Fsp3) is 0.600. The quantitative estimate of drug-likeness (QED) is 0.556. The van der Waals surface area contributed by atoms with Gasteiger partial charge in [0.25, 0.3) is 0 Å². The summed E-state index contributed by atoms with van der Waals surface area (Å²) in [5, 5.41) is 24.0. The summed E-state index contributed by atoms with van der Waals surface area (Å²) < 4.78 is 6.70. The zero-order valence-corrected chi connectivity index (χ0v) is 10.2. The van der Waals surface area contributed by atoms with E-state index in [0.29, 0.717) is 31.2 Å². The highest BCUT2D eigenvalue weighted by atomic mass is 16.6. The van der Waals surface area contributed by atoms with Crippen LogP contribution in [0.3, 0.4) is 0 Å². The van der Waals surface area contributed by atoms with Crippen LogP contribution in [-0.4, -0.2) is 40.5 Å². The minimum atomic E-state index is -0.562. The number of hydrogen-bond donors (Lipinski definition) is 0. The second-order valence-corrected chi connectivity index (χ2v) is 4.07. The number of anilines is 1. The summed E-state index contributed by atoms with van der Waals surface area (Å²) in [4.78, 5) is 12.4. The fourth-order valence-corrected chi connectivity index (χ4v) is 2.12. The molecule has 8 nitrogen and oxygen atoms in total. The lowest BCUT2D eigenvalue weighted by molar-refractivity contribution is -0.384. The molecule has 0 saturated carbocycles. The Morgan fingerprint density at radius 2 is 2.39 bits per heavy atom. The van der Waals surface area contributed by atoms with Gasteiger partial charge >= 0.3 is 5.69 Å². The number of aromatic nitrogens is 2. The molecule has 1 saturated heterocycles. The van der Waals surface area contributed by atoms with Crippen molar-refractivity contribution in [1.29, 1.82) is 5.26 Å². The monoisotopic (exact) mass is 251 g/mol. The van der Waals surface area contributed by atoms with Gasteiger partial charge in [0.05, 0.1) is 24.1 Å². The standard InChI is InChI=1S/C10H13N5O3/c1-7-9(15(16)17)10(13(2)12-7)14-3-4-18-8(5-11)6-14/h8H,3-4,6H2,1-2H3. The van der Waals surface area contributed by atoms with Crippen LogP contribution in [0.2, 0.25) is 0 Å². The van der Waals surface area contributed by atoms with Gasteiger partial charge in [-0.3, -0.25) is 10.1 Å². The molecular weight excluding hydrogens is 238 g/mol. The Morgan fingerprint density at radius 3 is 3.00 bits per heavy atom. The van der Waals surface area contributed by atoms with Crippen LogP contribution in [0.25, 0.3) is 0 Å². The minimum absolute atomic E-state index is 0.00362. The topological polar surface area (TPSA) is 97.2 Å². The number of hydrogen-bond acceptors (Lipinski definition) is 6. The van der Waals surface area contributed by atoms with Gasteiger partial charge in [0, 0.05) is 13.6 Å². The van der Waals surface area contributed by atoms with Gasteiger partial charge in [-0.25, -0.2) is 4.68 Å². The zero-order valence-electron chi connectivity index (χ0n) is 10.2. The Kier molecular flexibility index (Phi) is 3.16. The van der Waals surface area contributed by atoms with Crippen LogP contribution in [0.4, 0.5) is 11.5 Å². The Morgan fingerprint density at radius 1 is 1.67 bits per heavy atom. The molecule has 0 aliphatic carbocycles. The number of nitrogens with zero attached hydrogens (tertiary/aromatic N) is 5. The molecule has 0 N–H and O–H groups in total. The van der Waals surface area contributed by atoms with Crippen LogP contribution in [0.1, 0.15) is 5.69 Å². The Balaban J connectivity index is 2.38. The smallest absolute Gasteiger partial charge is 0.333 e. The molecule has 1 fully saturated rings. The largest absolute Gasteiger partial charge is 0.360 e.